The highest BCUT2D eigenvalue weighted by Gasteiger charge is 2.00. The number of imidazole rings is 2. The number of nitrogens with two attached hydrogens (primary N) is 2. The predicted octanol–water partition coefficient (Wildman–Crippen LogP) is -2.43. The first-order chi connectivity index (χ1) is 11.8. The van der Waals surface area contributed by atoms with Crippen LogP contribution in [0, 0.1) is 0 Å². The maximum Gasteiger partial charge on any atom is 0.394 e. The van der Waals surface area contributed by atoms with Crippen LogP contribution in [0.2, 0.25) is 0 Å². The number of aromatic nitrogens is 8. The fraction of sp³-hybridized carbons (Fsp3) is 0. The van der Waals surface area contributed by atoms with E-state index in [1.807, 2.05) is 0 Å². The number of nitrogen functional groups attached to an aromatic ring is 2. The molecule has 0 saturated carbocycles. The first-order valence-electron chi connectivity index (χ1n) is 6.24. The highest BCUT2D eigenvalue weighted by atomic mass is 32.3. The molecule has 0 amide bonds. The zero-order chi connectivity index (χ0) is 18.4. The maximum absolute atomic E-state index is 8.74. The summed E-state index contributed by atoms with van der Waals surface area (Å²) in [4.78, 5) is 28.7. The van der Waals surface area contributed by atoms with Crippen LogP contribution in [-0.4, -0.2) is 68.3 Å². The van der Waals surface area contributed by atoms with E-state index in [1.165, 1.54) is 25.3 Å². The van der Waals surface area contributed by atoms with Crippen LogP contribution in [0.25, 0.3) is 22.3 Å². The molecule has 0 spiro atoms. The van der Waals surface area contributed by atoms with Gasteiger partial charge in [-0.15, -0.1) is 0 Å². The van der Waals surface area contributed by atoms with Gasteiger partial charge in [0.25, 0.3) is 0 Å². The molecule has 0 radical (unpaired) electrons. The molecule has 0 bridgehead atoms. The lowest BCUT2D eigenvalue weighted by molar-refractivity contribution is 0.381. The van der Waals surface area contributed by atoms with Gasteiger partial charge in [0.2, 0.25) is 0 Å². The molecule has 0 aromatic carbocycles. The highest BCUT2D eigenvalue weighted by molar-refractivity contribution is 7.79. The van der Waals surface area contributed by atoms with Crippen LogP contribution in [-0.2, 0) is 10.4 Å². The number of nitrogens with zero attached hydrogens (tertiary/aromatic N) is 6. The topological polar surface area (TPSA) is 299 Å². The molecule has 4 aromatic heterocycles. The second kappa shape index (κ2) is 9.84. The second-order valence-corrected chi connectivity index (χ2v) is 5.06. The van der Waals surface area contributed by atoms with E-state index in [0.29, 0.717) is 34.0 Å². The molecule has 4 aromatic rings. The Morgan fingerprint density at radius 3 is 1.37 bits per heavy atom. The van der Waals surface area contributed by atoms with Gasteiger partial charge in [-0.25, -0.2) is 29.9 Å². The van der Waals surface area contributed by atoms with Crippen LogP contribution < -0.4 is 11.5 Å². The predicted molar refractivity (Wildman–Crippen MR) is 93.6 cm³/mol. The molecule has 0 fully saturated rings. The molecule has 0 aliphatic heterocycles. The van der Waals surface area contributed by atoms with Gasteiger partial charge in [-0.2, -0.15) is 8.42 Å². The lowest BCUT2D eigenvalue weighted by Crippen LogP contribution is -1.91. The van der Waals surface area contributed by atoms with Gasteiger partial charge in [0.15, 0.2) is 22.9 Å². The minimum Gasteiger partial charge on any atom is -0.412 e. The lowest BCUT2D eigenvalue weighted by Gasteiger charge is -1.89. The summed E-state index contributed by atoms with van der Waals surface area (Å²) < 4.78 is 31.6. The molecule has 0 unspecified atom stereocenters. The molecule has 0 aliphatic rings. The van der Waals surface area contributed by atoms with Gasteiger partial charge in [-0.05, 0) is 0 Å². The van der Waals surface area contributed by atoms with E-state index in [9.17, 15) is 0 Å². The molecule has 4 rings (SSSR count). The molecule has 0 aliphatic carbocycles. The van der Waals surface area contributed by atoms with Gasteiger partial charge in [0.05, 0.1) is 12.7 Å². The van der Waals surface area contributed by atoms with E-state index < -0.39 is 10.4 Å². The molecule has 148 valence electrons. The van der Waals surface area contributed by atoms with Gasteiger partial charge >= 0.3 is 10.4 Å². The molecular weight excluding hydrogens is 388 g/mol. The largest absolute Gasteiger partial charge is 0.412 e. The Morgan fingerprint density at radius 1 is 0.741 bits per heavy atom. The molecule has 4 heterocycles. The van der Waals surface area contributed by atoms with Crippen molar-refractivity contribution < 1.29 is 28.5 Å². The third-order valence-electron chi connectivity index (χ3n) is 2.50. The monoisotopic (exact) mass is 404 g/mol. The van der Waals surface area contributed by atoms with Crippen molar-refractivity contribution in [3.05, 3.63) is 25.3 Å². The zero-order valence-electron chi connectivity index (χ0n) is 13.3. The lowest BCUT2D eigenvalue weighted by atomic mass is 10.5. The summed E-state index contributed by atoms with van der Waals surface area (Å²) in [5.41, 5.74) is 13.6. The Balaban J connectivity index is 0.000000384. The van der Waals surface area contributed by atoms with E-state index >= 15 is 0 Å². The molecule has 0 saturated heterocycles. The van der Waals surface area contributed by atoms with Crippen LogP contribution in [0.4, 0.5) is 11.6 Å². The minimum absolute atomic E-state index is 0. The average Bonchev–Trinajstić information content (AvgIpc) is 3.16. The molecule has 16 nitrogen and oxygen atoms in total. The average molecular weight is 404 g/mol. The second-order valence-electron chi connectivity index (χ2n) is 4.17. The summed E-state index contributed by atoms with van der Waals surface area (Å²) in [5, 5.41) is 0. The van der Waals surface area contributed by atoms with Gasteiger partial charge in [0.1, 0.15) is 23.7 Å². The fourth-order valence-corrected chi connectivity index (χ4v) is 1.57. The number of anilines is 2. The quantitative estimate of drug-likeness (QED) is 0.167. The number of rotatable bonds is 0. The van der Waals surface area contributed by atoms with Crippen molar-refractivity contribution in [3.8, 4) is 0 Å². The van der Waals surface area contributed by atoms with Crippen LogP contribution >= 0.6 is 0 Å². The maximum atomic E-state index is 8.74. The summed E-state index contributed by atoms with van der Waals surface area (Å²) in [6.07, 6.45) is 5.85. The van der Waals surface area contributed by atoms with Crippen molar-refractivity contribution in [2.45, 2.75) is 0 Å². The summed E-state index contributed by atoms with van der Waals surface area (Å²) in [6, 6.07) is 0. The first-order valence-corrected chi connectivity index (χ1v) is 7.64. The third-order valence-corrected chi connectivity index (χ3v) is 2.50. The summed E-state index contributed by atoms with van der Waals surface area (Å²) >= 11 is 0. The van der Waals surface area contributed by atoms with E-state index in [-0.39, 0.29) is 11.0 Å². The number of aromatic amines is 2. The third kappa shape index (κ3) is 7.09. The van der Waals surface area contributed by atoms with Crippen LogP contribution in [0.15, 0.2) is 25.3 Å². The Hall–Kier alpha value is -3.51. The minimum atomic E-state index is -4.67. The Kier molecular flexibility index (Phi) is 8.56. The van der Waals surface area contributed by atoms with Crippen molar-refractivity contribution in [2.24, 2.45) is 0 Å². The van der Waals surface area contributed by atoms with Crippen molar-refractivity contribution in [1.82, 2.24) is 39.9 Å². The number of hydrogen-bond donors (Lipinski definition) is 6. The summed E-state index contributed by atoms with van der Waals surface area (Å²) in [5.74, 6) is 0.866. The molecular formula is C10H16N10O6S. The van der Waals surface area contributed by atoms with Crippen molar-refractivity contribution >= 4 is 44.4 Å². The number of nitrogens with one attached hydrogen (secondary N) is 2. The smallest absolute Gasteiger partial charge is 0.394 e. The Bertz CT molecular complexity index is 1000. The van der Waals surface area contributed by atoms with E-state index in [4.69, 9.17) is 29.0 Å². The van der Waals surface area contributed by atoms with Crippen molar-refractivity contribution in [1.29, 1.82) is 0 Å². The molecule has 0 atom stereocenters. The zero-order valence-corrected chi connectivity index (χ0v) is 14.1. The highest BCUT2D eigenvalue weighted by Crippen LogP contribution is 2.09. The van der Waals surface area contributed by atoms with Gasteiger partial charge in [-0.3, -0.25) is 9.11 Å². The fourth-order valence-electron chi connectivity index (χ4n) is 1.57. The Morgan fingerprint density at radius 2 is 1.07 bits per heavy atom. The molecule has 12 N–H and O–H groups in total. The van der Waals surface area contributed by atoms with Crippen LogP contribution in [0.3, 0.4) is 0 Å². The van der Waals surface area contributed by atoms with E-state index in [2.05, 4.69) is 39.9 Å². The van der Waals surface area contributed by atoms with Crippen LogP contribution in [0.1, 0.15) is 0 Å². The van der Waals surface area contributed by atoms with Gasteiger partial charge in [0, 0.05) is 0 Å². The van der Waals surface area contributed by atoms with Gasteiger partial charge < -0.3 is 32.4 Å². The van der Waals surface area contributed by atoms with Crippen LogP contribution in [0.5, 0.6) is 0 Å². The van der Waals surface area contributed by atoms with E-state index in [0.717, 1.165) is 0 Å². The summed E-state index contributed by atoms with van der Waals surface area (Å²) in [7, 11) is -4.67. The number of hydrogen-bond acceptors (Lipinski definition) is 10. The standard InChI is InChI=1S/2C5H5N5.H2O4S.2H2O/c2*6-4-3-5(9-1-7-3)10-2-8-4;1-5(2,3)4;;/h2*1-2H,(H3,6,7,8,9,10);(H2,1,2,3,4);2*1H2. The van der Waals surface area contributed by atoms with Gasteiger partial charge in [-0.1, -0.05) is 0 Å². The summed E-state index contributed by atoms with van der Waals surface area (Å²) in [6.45, 7) is 0. The number of fused-ring (bicyclic) bond motifs is 2. The normalized spacial score (nSPS) is 9.85. The first kappa shape index (κ1) is 23.5. The van der Waals surface area contributed by atoms with Crippen molar-refractivity contribution in [2.75, 3.05) is 11.5 Å². The SMILES string of the molecule is Nc1ncnc2nc[nH]c12.Nc1ncnc2nc[nH]c12.O.O.O=S(=O)(O)O. The number of H-pyrrole nitrogens is 2. The molecule has 27 heavy (non-hydrogen) atoms. The Labute approximate surface area is 150 Å². The van der Waals surface area contributed by atoms with Crippen molar-refractivity contribution in [3.63, 3.8) is 0 Å². The van der Waals surface area contributed by atoms with E-state index in [1.54, 1.807) is 0 Å². The molecule has 17 heteroatoms.